The molecule has 104 valence electrons. The van der Waals surface area contributed by atoms with Crippen LogP contribution in [-0.2, 0) is 0 Å². The Morgan fingerprint density at radius 2 is 1.90 bits per heavy atom. The molecule has 1 atom stereocenters. The fourth-order valence-electron chi connectivity index (χ4n) is 2.14. The highest BCUT2D eigenvalue weighted by Gasteiger charge is 2.19. The fourth-order valence-corrected chi connectivity index (χ4v) is 2.14. The van der Waals surface area contributed by atoms with E-state index in [2.05, 4.69) is 0 Å². The zero-order valence-electron chi connectivity index (χ0n) is 11.3. The lowest BCUT2D eigenvalue weighted by molar-refractivity contribution is -0.385. The molecule has 4 nitrogen and oxygen atoms in total. The minimum absolute atomic E-state index is 0.00629. The molecule has 20 heavy (non-hydrogen) atoms. The van der Waals surface area contributed by atoms with Gasteiger partial charge < -0.3 is 5.73 Å². The van der Waals surface area contributed by atoms with Crippen molar-refractivity contribution in [2.45, 2.75) is 19.9 Å². The predicted molar refractivity (Wildman–Crippen MR) is 75.0 cm³/mol. The summed E-state index contributed by atoms with van der Waals surface area (Å²) in [5, 5.41) is 11.0. The van der Waals surface area contributed by atoms with Crippen LogP contribution < -0.4 is 5.73 Å². The van der Waals surface area contributed by atoms with E-state index >= 15 is 0 Å². The van der Waals surface area contributed by atoms with Crippen molar-refractivity contribution >= 4 is 5.69 Å². The molecule has 0 spiro atoms. The lowest BCUT2D eigenvalue weighted by atomic mass is 9.95. The van der Waals surface area contributed by atoms with Crippen LogP contribution in [0, 0.1) is 29.8 Å². The predicted octanol–water partition coefficient (Wildman–Crippen LogP) is 3.40. The van der Waals surface area contributed by atoms with Gasteiger partial charge in [-0.1, -0.05) is 24.3 Å². The molecule has 0 aromatic heterocycles. The van der Waals surface area contributed by atoms with Crippen LogP contribution in [0.1, 0.15) is 28.3 Å². The molecule has 0 aliphatic heterocycles. The summed E-state index contributed by atoms with van der Waals surface area (Å²) < 4.78 is 13.8. The first kappa shape index (κ1) is 14.1. The molecule has 0 saturated carbocycles. The first-order valence-corrected chi connectivity index (χ1v) is 6.17. The molecule has 2 N–H and O–H groups in total. The van der Waals surface area contributed by atoms with Gasteiger partial charge in [0, 0.05) is 17.2 Å². The van der Waals surface area contributed by atoms with Gasteiger partial charge in [-0.15, -0.1) is 0 Å². The van der Waals surface area contributed by atoms with E-state index in [0.717, 1.165) is 5.56 Å². The maximum absolute atomic E-state index is 13.8. The van der Waals surface area contributed by atoms with Gasteiger partial charge in [-0.2, -0.15) is 0 Å². The van der Waals surface area contributed by atoms with Crippen LogP contribution in [0.15, 0.2) is 36.4 Å². The Morgan fingerprint density at radius 1 is 1.25 bits per heavy atom. The molecular formula is C15H15FN2O2. The number of nitro groups is 1. The second-order valence-corrected chi connectivity index (χ2v) is 4.74. The number of benzene rings is 2. The molecule has 0 amide bonds. The Morgan fingerprint density at radius 3 is 2.50 bits per heavy atom. The van der Waals surface area contributed by atoms with Gasteiger partial charge in [-0.05, 0) is 31.0 Å². The van der Waals surface area contributed by atoms with E-state index in [4.69, 9.17) is 5.73 Å². The van der Waals surface area contributed by atoms with Crippen LogP contribution in [0.2, 0.25) is 0 Å². The summed E-state index contributed by atoms with van der Waals surface area (Å²) in [4.78, 5) is 10.6. The summed E-state index contributed by atoms with van der Waals surface area (Å²) in [6.45, 7) is 3.46. The van der Waals surface area contributed by atoms with Gasteiger partial charge >= 0.3 is 0 Å². The van der Waals surface area contributed by atoms with Crippen LogP contribution >= 0.6 is 0 Å². The Bertz CT molecular complexity index is 671. The standard InChI is InChI=1S/C15H15FN2O2/c1-9-7-11(8-14(10(9)2)18(19)20)15(17)12-5-3-4-6-13(12)16/h3-8,15H,17H2,1-2H3. The van der Waals surface area contributed by atoms with Gasteiger partial charge in [-0.25, -0.2) is 4.39 Å². The van der Waals surface area contributed by atoms with E-state index in [1.54, 1.807) is 38.1 Å². The zero-order valence-corrected chi connectivity index (χ0v) is 11.3. The number of nitrogens with zero attached hydrogens (tertiary/aromatic N) is 1. The van der Waals surface area contributed by atoms with Crippen LogP contribution in [-0.4, -0.2) is 4.92 Å². The van der Waals surface area contributed by atoms with Gasteiger partial charge in [0.25, 0.3) is 5.69 Å². The largest absolute Gasteiger partial charge is 0.320 e. The third kappa shape index (κ3) is 2.53. The van der Waals surface area contributed by atoms with Crippen LogP contribution in [0.25, 0.3) is 0 Å². The Hall–Kier alpha value is -2.27. The normalized spacial score (nSPS) is 12.2. The lowest BCUT2D eigenvalue weighted by Gasteiger charge is -2.15. The number of nitro benzene ring substituents is 1. The third-order valence-corrected chi connectivity index (χ3v) is 3.46. The molecule has 0 fully saturated rings. The summed E-state index contributed by atoms with van der Waals surface area (Å²) >= 11 is 0. The van der Waals surface area contributed by atoms with Crippen molar-refractivity contribution in [3.05, 3.63) is 74.6 Å². The average molecular weight is 274 g/mol. The van der Waals surface area contributed by atoms with Crippen LogP contribution in [0.3, 0.4) is 0 Å². The smallest absolute Gasteiger partial charge is 0.272 e. The molecule has 0 bridgehead atoms. The van der Waals surface area contributed by atoms with E-state index < -0.39 is 16.8 Å². The topological polar surface area (TPSA) is 69.2 Å². The van der Waals surface area contributed by atoms with Gasteiger partial charge in [0.05, 0.1) is 11.0 Å². The molecule has 1 unspecified atom stereocenters. The van der Waals surface area contributed by atoms with E-state index in [1.165, 1.54) is 12.1 Å². The summed E-state index contributed by atoms with van der Waals surface area (Å²) in [6.07, 6.45) is 0. The number of rotatable bonds is 3. The van der Waals surface area contributed by atoms with Gasteiger partial charge in [0.2, 0.25) is 0 Å². The van der Waals surface area contributed by atoms with Gasteiger partial charge in [0.1, 0.15) is 5.82 Å². The number of hydrogen-bond acceptors (Lipinski definition) is 3. The van der Waals surface area contributed by atoms with E-state index in [9.17, 15) is 14.5 Å². The maximum atomic E-state index is 13.8. The van der Waals surface area contributed by atoms with Crippen LogP contribution in [0.5, 0.6) is 0 Å². The molecular weight excluding hydrogens is 259 g/mol. The molecule has 2 rings (SSSR count). The van der Waals surface area contributed by atoms with E-state index in [0.29, 0.717) is 16.7 Å². The second-order valence-electron chi connectivity index (χ2n) is 4.74. The average Bonchev–Trinajstić information content (AvgIpc) is 2.41. The summed E-state index contributed by atoms with van der Waals surface area (Å²) in [5.74, 6) is -0.416. The first-order valence-electron chi connectivity index (χ1n) is 6.17. The Kier molecular flexibility index (Phi) is 3.81. The summed E-state index contributed by atoms with van der Waals surface area (Å²) in [5.41, 5.74) is 8.27. The number of halogens is 1. The second kappa shape index (κ2) is 5.38. The molecule has 0 heterocycles. The lowest BCUT2D eigenvalue weighted by Crippen LogP contribution is -2.14. The van der Waals surface area contributed by atoms with Gasteiger partial charge in [-0.3, -0.25) is 10.1 Å². The Balaban J connectivity index is 2.53. The minimum atomic E-state index is -0.728. The van der Waals surface area contributed by atoms with Crippen molar-refractivity contribution in [3.63, 3.8) is 0 Å². The fraction of sp³-hybridized carbons (Fsp3) is 0.200. The Labute approximate surface area is 116 Å². The van der Waals surface area contributed by atoms with Crippen LogP contribution in [0.4, 0.5) is 10.1 Å². The highest BCUT2D eigenvalue weighted by molar-refractivity contribution is 5.49. The number of nitrogens with two attached hydrogens (primary N) is 1. The van der Waals surface area contributed by atoms with Crippen molar-refractivity contribution in [3.8, 4) is 0 Å². The van der Waals surface area contributed by atoms with E-state index in [-0.39, 0.29) is 5.69 Å². The summed E-state index contributed by atoms with van der Waals surface area (Å²) in [6, 6.07) is 8.63. The molecule has 0 radical (unpaired) electrons. The molecule has 2 aromatic carbocycles. The third-order valence-electron chi connectivity index (χ3n) is 3.46. The number of aryl methyl sites for hydroxylation is 1. The molecule has 0 saturated heterocycles. The van der Waals surface area contributed by atoms with Crippen molar-refractivity contribution < 1.29 is 9.31 Å². The van der Waals surface area contributed by atoms with Crippen molar-refractivity contribution in [2.24, 2.45) is 5.73 Å². The van der Waals surface area contributed by atoms with Crippen molar-refractivity contribution in [1.82, 2.24) is 0 Å². The first-order chi connectivity index (χ1) is 9.41. The highest BCUT2D eigenvalue weighted by atomic mass is 19.1. The highest BCUT2D eigenvalue weighted by Crippen LogP contribution is 2.29. The SMILES string of the molecule is Cc1cc(C(N)c2ccccc2F)cc([N+](=O)[O-])c1C. The van der Waals surface area contributed by atoms with E-state index in [1.807, 2.05) is 0 Å². The number of hydrogen-bond donors (Lipinski definition) is 1. The van der Waals surface area contributed by atoms with Crippen molar-refractivity contribution in [1.29, 1.82) is 0 Å². The van der Waals surface area contributed by atoms with Gasteiger partial charge in [0.15, 0.2) is 0 Å². The maximum Gasteiger partial charge on any atom is 0.272 e. The monoisotopic (exact) mass is 274 g/mol. The minimum Gasteiger partial charge on any atom is -0.320 e. The molecule has 2 aromatic rings. The molecule has 0 aliphatic carbocycles. The quantitative estimate of drug-likeness (QED) is 0.689. The van der Waals surface area contributed by atoms with Crippen molar-refractivity contribution in [2.75, 3.05) is 0 Å². The molecule has 0 aliphatic rings. The zero-order chi connectivity index (χ0) is 14.9. The summed E-state index contributed by atoms with van der Waals surface area (Å²) in [7, 11) is 0. The molecule has 5 heteroatoms.